The summed E-state index contributed by atoms with van der Waals surface area (Å²) < 4.78 is 0. The topological polar surface area (TPSA) is 118 Å². The maximum absolute atomic E-state index is 11.9. The van der Waals surface area contributed by atoms with Gasteiger partial charge in [-0.05, 0) is 30.7 Å². The third-order valence-corrected chi connectivity index (χ3v) is 2.98. The first-order valence-electron chi connectivity index (χ1n) is 6.02. The average Bonchev–Trinajstić information content (AvgIpc) is 2.42. The number of nitrogens with two attached hydrogens (primary N) is 1. The van der Waals surface area contributed by atoms with Crippen LogP contribution in [0, 0.1) is 0 Å². The van der Waals surface area contributed by atoms with Gasteiger partial charge in [-0.25, -0.2) is 0 Å². The second-order valence-corrected chi connectivity index (χ2v) is 4.42. The van der Waals surface area contributed by atoms with Crippen LogP contribution in [0.3, 0.4) is 0 Å². The van der Waals surface area contributed by atoms with Gasteiger partial charge in [-0.2, -0.15) is 0 Å². The Labute approximate surface area is 114 Å². The SMILES string of the molecule is NC(=O)c1ccc(C(=O)NC2CCC(=O)NC2=O)cc1. The number of amides is 4. The quantitative estimate of drug-likeness (QED) is 0.633. The summed E-state index contributed by atoms with van der Waals surface area (Å²) in [5.41, 5.74) is 5.70. The predicted octanol–water partition coefficient (Wildman–Crippen LogP) is -0.679. The molecule has 7 heteroatoms. The minimum atomic E-state index is -0.726. The second kappa shape index (κ2) is 5.52. The summed E-state index contributed by atoms with van der Waals surface area (Å²) in [6, 6.07) is 5.03. The summed E-state index contributed by atoms with van der Waals surface area (Å²) in [4.78, 5) is 45.3. The molecule has 2 rings (SSSR count). The molecule has 1 heterocycles. The number of piperidine rings is 1. The van der Waals surface area contributed by atoms with Crippen molar-refractivity contribution in [3.05, 3.63) is 35.4 Å². The van der Waals surface area contributed by atoms with E-state index in [0.29, 0.717) is 11.1 Å². The van der Waals surface area contributed by atoms with E-state index in [2.05, 4.69) is 10.6 Å². The van der Waals surface area contributed by atoms with Crippen LogP contribution in [-0.4, -0.2) is 29.7 Å². The predicted molar refractivity (Wildman–Crippen MR) is 68.6 cm³/mol. The smallest absolute Gasteiger partial charge is 0.251 e. The monoisotopic (exact) mass is 275 g/mol. The average molecular weight is 275 g/mol. The lowest BCUT2D eigenvalue weighted by molar-refractivity contribution is -0.134. The molecule has 0 spiro atoms. The molecule has 1 aliphatic heterocycles. The second-order valence-electron chi connectivity index (χ2n) is 4.42. The van der Waals surface area contributed by atoms with Crippen molar-refractivity contribution >= 4 is 23.6 Å². The Hall–Kier alpha value is -2.70. The van der Waals surface area contributed by atoms with Gasteiger partial charge in [0.2, 0.25) is 17.7 Å². The zero-order chi connectivity index (χ0) is 14.7. The highest BCUT2D eigenvalue weighted by Crippen LogP contribution is 2.08. The van der Waals surface area contributed by atoms with Gasteiger partial charge in [-0.1, -0.05) is 0 Å². The Kier molecular flexibility index (Phi) is 3.79. The third-order valence-electron chi connectivity index (χ3n) is 2.98. The molecular formula is C13H13N3O4. The van der Waals surface area contributed by atoms with Crippen LogP contribution in [0.5, 0.6) is 0 Å². The molecule has 0 radical (unpaired) electrons. The molecule has 4 N–H and O–H groups in total. The highest BCUT2D eigenvalue weighted by atomic mass is 16.2. The molecule has 0 saturated carbocycles. The van der Waals surface area contributed by atoms with E-state index >= 15 is 0 Å². The summed E-state index contributed by atoms with van der Waals surface area (Å²) >= 11 is 0. The summed E-state index contributed by atoms with van der Waals surface area (Å²) in [6.45, 7) is 0. The first-order valence-corrected chi connectivity index (χ1v) is 6.02. The van der Waals surface area contributed by atoms with Crippen molar-refractivity contribution in [2.75, 3.05) is 0 Å². The molecule has 0 bridgehead atoms. The molecule has 1 unspecified atom stereocenters. The van der Waals surface area contributed by atoms with Crippen LogP contribution in [0.15, 0.2) is 24.3 Å². The lowest BCUT2D eigenvalue weighted by Crippen LogP contribution is -2.52. The fourth-order valence-electron chi connectivity index (χ4n) is 1.86. The third kappa shape index (κ3) is 3.00. The standard InChI is InChI=1S/C13H13N3O4/c14-11(18)7-1-3-8(4-2-7)12(19)15-9-5-6-10(17)16-13(9)20/h1-4,9H,5-6H2,(H2,14,18)(H,15,19)(H,16,17,20). The van der Waals surface area contributed by atoms with Gasteiger partial charge in [-0.3, -0.25) is 24.5 Å². The number of carbonyl (C=O) groups is 4. The van der Waals surface area contributed by atoms with Crippen molar-refractivity contribution in [2.45, 2.75) is 18.9 Å². The summed E-state index contributed by atoms with van der Waals surface area (Å²) in [6.07, 6.45) is 0.465. The van der Waals surface area contributed by atoms with Crippen LogP contribution in [0.4, 0.5) is 0 Å². The Morgan fingerprint density at radius 1 is 1.15 bits per heavy atom. The molecule has 20 heavy (non-hydrogen) atoms. The van der Waals surface area contributed by atoms with Crippen molar-refractivity contribution in [3.8, 4) is 0 Å². The molecule has 1 atom stereocenters. The maximum atomic E-state index is 11.9. The van der Waals surface area contributed by atoms with E-state index in [9.17, 15) is 19.2 Å². The number of benzene rings is 1. The zero-order valence-electron chi connectivity index (χ0n) is 10.5. The van der Waals surface area contributed by atoms with Gasteiger partial charge in [0.25, 0.3) is 5.91 Å². The number of hydrogen-bond acceptors (Lipinski definition) is 4. The highest BCUT2D eigenvalue weighted by Gasteiger charge is 2.27. The van der Waals surface area contributed by atoms with E-state index in [1.165, 1.54) is 24.3 Å². The maximum Gasteiger partial charge on any atom is 0.251 e. The van der Waals surface area contributed by atoms with Gasteiger partial charge in [-0.15, -0.1) is 0 Å². The first kappa shape index (κ1) is 13.7. The van der Waals surface area contributed by atoms with Crippen molar-refractivity contribution < 1.29 is 19.2 Å². The Morgan fingerprint density at radius 3 is 2.30 bits per heavy atom. The van der Waals surface area contributed by atoms with Crippen molar-refractivity contribution in [3.63, 3.8) is 0 Å². The number of carbonyl (C=O) groups excluding carboxylic acids is 4. The van der Waals surface area contributed by atoms with Crippen molar-refractivity contribution in [2.24, 2.45) is 5.73 Å². The number of imide groups is 1. The summed E-state index contributed by atoms with van der Waals surface area (Å²) in [5, 5.41) is 4.69. The summed E-state index contributed by atoms with van der Waals surface area (Å²) in [7, 11) is 0. The van der Waals surface area contributed by atoms with Gasteiger partial charge in [0.05, 0.1) is 0 Å². The van der Waals surface area contributed by atoms with E-state index in [0.717, 1.165) is 0 Å². The highest BCUT2D eigenvalue weighted by molar-refractivity contribution is 6.04. The fraction of sp³-hybridized carbons (Fsp3) is 0.231. The van der Waals surface area contributed by atoms with E-state index in [1.54, 1.807) is 0 Å². The number of hydrogen-bond donors (Lipinski definition) is 3. The number of rotatable bonds is 3. The van der Waals surface area contributed by atoms with Crippen molar-refractivity contribution in [1.29, 1.82) is 0 Å². The zero-order valence-corrected chi connectivity index (χ0v) is 10.5. The fourth-order valence-corrected chi connectivity index (χ4v) is 1.86. The van der Waals surface area contributed by atoms with Crippen LogP contribution < -0.4 is 16.4 Å². The molecule has 1 fully saturated rings. The minimum absolute atomic E-state index is 0.192. The lowest BCUT2D eigenvalue weighted by atomic mass is 10.1. The van der Waals surface area contributed by atoms with Crippen LogP contribution >= 0.6 is 0 Å². The Morgan fingerprint density at radius 2 is 1.75 bits per heavy atom. The van der Waals surface area contributed by atoms with Crippen LogP contribution in [0.25, 0.3) is 0 Å². The van der Waals surface area contributed by atoms with Crippen molar-refractivity contribution in [1.82, 2.24) is 10.6 Å². The molecular weight excluding hydrogens is 262 g/mol. The molecule has 0 aromatic heterocycles. The van der Waals surface area contributed by atoms with E-state index in [1.807, 2.05) is 0 Å². The van der Waals surface area contributed by atoms with Gasteiger partial charge < -0.3 is 11.1 Å². The molecule has 1 aliphatic rings. The summed E-state index contributed by atoms with van der Waals surface area (Å²) in [5.74, 6) is -1.88. The van der Waals surface area contributed by atoms with Gasteiger partial charge in [0.1, 0.15) is 6.04 Å². The lowest BCUT2D eigenvalue weighted by Gasteiger charge is -2.21. The molecule has 104 valence electrons. The largest absolute Gasteiger partial charge is 0.366 e. The molecule has 1 aromatic rings. The van der Waals surface area contributed by atoms with E-state index < -0.39 is 23.8 Å². The van der Waals surface area contributed by atoms with E-state index in [-0.39, 0.29) is 18.7 Å². The normalized spacial score (nSPS) is 18.3. The molecule has 1 aromatic carbocycles. The van der Waals surface area contributed by atoms with E-state index in [4.69, 9.17) is 5.73 Å². The molecule has 0 aliphatic carbocycles. The molecule has 1 saturated heterocycles. The first-order chi connectivity index (χ1) is 9.47. The number of primary amides is 1. The Bertz CT molecular complexity index is 580. The Balaban J connectivity index is 2.03. The molecule has 4 amide bonds. The van der Waals surface area contributed by atoms with Crippen LogP contribution in [0.1, 0.15) is 33.6 Å². The van der Waals surface area contributed by atoms with Crippen LogP contribution in [0.2, 0.25) is 0 Å². The van der Waals surface area contributed by atoms with Gasteiger partial charge >= 0.3 is 0 Å². The minimum Gasteiger partial charge on any atom is -0.366 e. The number of nitrogens with one attached hydrogen (secondary N) is 2. The van der Waals surface area contributed by atoms with Gasteiger partial charge in [0.15, 0.2) is 0 Å². The van der Waals surface area contributed by atoms with Crippen LogP contribution in [-0.2, 0) is 9.59 Å². The molecule has 7 nitrogen and oxygen atoms in total. The van der Waals surface area contributed by atoms with Gasteiger partial charge in [0, 0.05) is 17.5 Å².